The van der Waals surface area contributed by atoms with E-state index in [9.17, 15) is 4.79 Å². The number of rotatable bonds is 5. The fraction of sp³-hybridized carbons (Fsp3) is 0.786. The molecule has 1 N–H and O–H groups in total. The second kappa shape index (κ2) is 7.34. The van der Waals surface area contributed by atoms with E-state index in [-0.39, 0.29) is 5.92 Å². The monoisotopic (exact) mass is 237 g/mol. The van der Waals surface area contributed by atoms with Crippen LogP contribution >= 0.6 is 0 Å². The Bertz CT molecular complexity index is 303. The van der Waals surface area contributed by atoms with Crippen molar-refractivity contribution >= 4 is 5.97 Å². The summed E-state index contributed by atoms with van der Waals surface area (Å²) in [5.41, 5.74) is 0. The second-order valence-corrected chi connectivity index (χ2v) is 4.95. The molecule has 1 saturated heterocycles. The van der Waals surface area contributed by atoms with Crippen molar-refractivity contribution in [3.05, 3.63) is 0 Å². The van der Waals surface area contributed by atoms with Crippen LogP contribution in [0.15, 0.2) is 0 Å². The lowest BCUT2D eigenvalue weighted by Gasteiger charge is -2.35. The van der Waals surface area contributed by atoms with E-state index >= 15 is 0 Å². The molecule has 0 saturated carbocycles. The molecular formula is C14H23NO2. The predicted molar refractivity (Wildman–Crippen MR) is 68.6 cm³/mol. The van der Waals surface area contributed by atoms with Gasteiger partial charge in [0, 0.05) is 25.9 Å². The third kappa shape index (κ3) is 5.23. The highest BCUT2D eigenvalue weighted by Crippen LogP contribution is 2.26. The van der Waals surface area contributed by atoms with Crippen LogP contribution in [0.5, 0.6) is 0 Å². The zero-order valence-electron chi connectivity index (χ0n) is 10.9. The molecule has 0 aromatic carbocycles. The number of hydrogen-bond donors (Lipinski definition) is 1. The van der Waals surface area contributed by atoms with Crippen LogP contribution in [0, 0.1) is 23.7 Å². The predicted octanol–water partition coefficient (Wildman–Crippen LogP) is 2.22. The number of hydrogen-bond acceptors (Lipinski definition) is 2. The third-order valence-electron chi connectivity index (χ3n) is 3.57. The zero-order valence-corrected chi connectivity index (χ0v) is 10.9. The maximum atomic E-state index is 10.7. The molecule has 0 aromatic rings. The van der Waals surface area contributed by atoms with Crippen molar-refractivity contribution in [2.75, 3.05) is 19.6 Å². The molecule has 3 heteroatoms. The molecule has 0 radical (unpaired) electrons. The van der Waals surface area contributed by atoms with Crippen LogP contribution in [-0.2, 0) is 4.79 Å². The minimum absolute atomic E-state index is 0.285. The molecule has 1 fully saturated rings. The largest absolute Gasteiger partial charge is 0.481 e. The van der Waals surface area contributed by atoms with E-state index in [2.05, 4.69) is 23.7 Å². The minimum atomic E-state index is -0.675. The quantitative estimate of drug-likeness (QED) is 0.745. The van der Waals surface area contributed by atoms with E-state index < -0.39 is 5.97 Å². The summed E-state index contributed by atoms with van der Waals surface area (Å²) < 4.78 is 0. The van der Waals surface area contributed by atoms with E-state index in [1.807, 2.05) is 6.92 Å². The van der Waals surface area contributed by atoms with E-state index in [1.165, 1.54) is 12.8 Å². The number of nitrogens with zero attached hydrogens (tertiary/aromatic N) is 1. The van der Waals surface area contributed by atoms with Crippen LogP contribution in [0.3, 0.4) is 0 Å². The first-order valence-corrected chi connectivity index (χ1v) is 6.47. The summed E-state index contributed by atoms with van der Waals surface area (Å²) in [5, 5.41) is 8.82. The molecule has 17 heavy (non-hydrogen) atoms. The lowest BCUT2D eigenvalue weighted by atomic mass is 9.84. The molecule has 0 bridgehead atoms. The number of carboxylic acid groups (broad SMARTS) is 1. The smallest absolute Gasteiger partial charge is 0.303 e. The summed E-state index contributed by atoms with van der Waals surface area (Å²) in [6.07, 6.45) is 3.59. The molecule has 1 rings (SSSR count). The number of likely N-dealkylation sites (tertiary alicyclic amines) is 1. The highest BCUT2D eigenvalue weighted by atomic mass is 16.4. The van der Waals surface area contributed by atoms with Crippen molar-refractivity contribution < 1.29 is 9.90 Å². The summed E-state index contributed by atoms with van der Waals surface area (Å²) in [5.74, 6) is 6.15. The minimum Gasteiger partial charge on any atom is -0.481 e. The lowest BCUT2D eigenvalue weighted by Crippen LogP contribution is -2.38. The topological polar surface area (TPSA) is 40.5 Å². The van der Waals surface area contributed by atoms with Gasteiger partial charge in [0.1, 0.15) is 0 Å². The Kier molecular flexibility index (Phi) is 6.07. The molecule has 1 aliphatic rings. The van der Waals surface area contributed by atoms with Crippen molar-refractivity contribution in [1.29, 1.82) is 0 Å². The summed E-state index contributed by atoms with van der Waals surface area (Å²) in [7, 11) is 0. The van der Waals surface area contributed by atoms with E-state index in [4.69, 9.17) is 5.11 Å². The van der Waals surface area contributed by atoms with Gasteiger partial charge in [-0.3, -0.25) is 4.79 Å². The van der Waals surface area contributed by atoms with Gasteiger partial charge in [0.2, 0.25) is 0 Å². The van der Waals surface area contributed by atoms with Gasteiger partial charge < -0.3 is 10.0 Å². The highest BCUT2D eigenvalue weighted by Gasteiger charge is 2.25. The molecule has 2 unspecified atom stereocenters. The van der Waals surface area contributed by atoms with Gasteiger partial charge in [-0.25, -0.2) is 0 Å². The van der Waals surface area contributed by atoms with E-state index in [0.717, 1.165) is 26.1 Å². The van der Waals surface area contributed by atoms with Gasteiger partial charge in [0.05, 0.1) is 0 Å². The number of aliphatic carboxylic acids is 1. The van der Waals surface area contributed by atoms with Crippen molar-refractivity contribution in [1.82, 2.24) is 4.90 Å². The molecule has 0 aromatic heterocycles. The first-order chi connectivity index (χ1) is 8.13. The molecule has 0 aliphatic carbocycles. The molecule has 0 spiro atoms. The highest BCUT2D eigenvalue weighted by molar-refractivity contribution is 5.66. The average molecular weight is 237 g/mol. The fourth-order valence-electron chi connectivity index (χ4n) is 2.54. The third-order valence-corrected chi connectivity index (χ3v) is 3.57. The molecular weight excluding hydrogens is 214 g/mol. The van der Waals surface area contributed by atoms with Crippen LogP contribution in [0.2, 0.25) is 0 Å². The Morgan fingerprint density at radius 2 is 2.35 bits per heavy atom. The average Bonchev–Trinajstić information content (AvgIpc) is 2.29. The van der Waals surface area contributed by atoms with Crippen LogP contribution < -0.4 is 0 Å². The van der Waals surface area contributed by atoms with Crippen LogP contribution in [0.1, 0.15) is 39.5 Å². The summed E-state index contributed by atoms with van der Waals surface area (Å²) in [4.78, 5) is 13.1. The Morgan fingerprint density at radius 1 is 1.59 bits per heavy atom. The lowest BCUT2D eigenvalue weighted by molar-refractivity contribution is -0.138. The summed E-state index contributed by atoms with van der Waals surface area (Å²) >= 11 is 0. The maximum absolute atomic E-state index is 10.7. The molecule has 2 atom stereocenters. The van der Waals surface area contributed by atoms with E-state index in [0.29, 0.717) is 12.3 Å². The second-order valence-electron chi connectivity index (χ2n) is 4.95. The van der Waals surface area contributed by atoms with Gasteiger partial charge in [0.15, 0.2) is 0 Å². The van der Waals surface area contributed by atoms with Gasteiger partial charge in [-0.2, -0.15) is 0 Å². The first-order valence-electron chi connectivity index (χ1n) is 6.47. The maximum Gasteiger partial charge on any atom is 0.303 e. The Hall–Kier alpha value is -1.01. The van der Waals surface area contributed by atoms with Crippen molar-refractivity contribution in [3.63, 3.8) is 0 Å². The van der Waals surface area contributed by atoms with Crippen LogP contribution in [0.4, 0.5) is 0 Å². The number of carboxylic acids is 1. The normalized spacial score (nSPS) is 22.6. The van der Waals surface area contributed by atoms with Crippen molar-refractivity contribution in [2.24, 2.45) is 11.8 Å². The Labute approximate surface area is 104 Å². The Morgan fingerprint density at radius 3 is 3.00 bits per heavy atom. The van der Waals surface area contributed by atoms with Crippen molar-refractivity contribution in [3.8, 4) is 11.8 Å². The molecule has 1 aliphatic heterocycles. The summed E-state index contributed by atoms with van der Waals surface area (Å²) in [6, 6.07) is 0. The molecule has 3 nitrogen and oxygen atoms in total. The van der Waals surface area contributed by atoms with Gasteiger partial charge in [-0.1, -0.05) is 6.92 Å². The van der Waals surface area contributed by atoms with Crippen molar-refractivity contribution in [2.45, 2.75) is 39.5 Å². The fourth-order valence-corrected chi connectivity index (χ4v) is 2.54. The molecule has 1 heterocycles. The van der Waals surface area contributed by atoms with Crippen LogP contribution in [0.25, 0.3) is 0 Å². The number of carbonyl (C=O) groups is 1. The van der Waals surface area contributed by atoms with Gasteiger partial charge in [-0.15, -0.1) is 11.8 Å². The summed E-state index contributed by atoms with van der Waals surface area (Å²) in [6.45, 7) is 7.14. The zero-order chi connectivity index (χ0) is 12.7. The SMILES string of the molecule is CC#CCCN1CCCC(C(C)CC(=O)O)C1. The molecule has 96 valence electrons. The van der Waals surface area contributed by atoms with Gasteiger partial charge >= 0.3 is 5.97 Å². The molecule has 0 amide bonds. The van der Waals surface area contributed by atoms with Crippen LogP contribution in [-0.4, -0.2) is 35.6 Å². The van der Waals surface area contributed by atoms with E-state index in [1.54, 1.807) is 0 Å². The van der Waals surface area contributed by atoms with Gasteiger partial charge in [0.25, 0.3) is 0 Å². The first kappa shape index (κ1) is 14.1. The standard InChI is InChI=1S/C14H23NO2/c1-3-4-5-8-15-9-6-7-13(11-15)12(2)10-14(16)17/h12-13H,5-11H2,1-2H3,(H,16,17). The number of piperidine rings is 1. The Balaban J connectivity index is 2.36. The van der Waals surface area contributed by atoms with Gasteiger partial charge in [-0.05, 0) is 38.1 Å².